The van der Waals surface area contributed by atoms with Crippen LogP contribution in [0.1, 0.15) is 0 Å². The Morgan fingerprint density at radius 2 is 1.70 bits per heavy atom. The number of phenolic OH excluding ortho intramolecular Hbond substituents is 1. The van der Waals surface area contributed by atoms with Gasteiger partial charge in [-0.2, -0.15) is 0 Å². The Morgan fingerprint density at radius 1 is 1.20 bits per heavy atom. The monoisotopic (exact) mass is 160 g/mol. The molecule has 0 amide bonds. The van der Waals surface area contributed by atoms with Crippen LogP contribution in [0.3, 0.4) is 0 Å². The van der Waals surface area contributed by atoms with Crippen molar-refractivity contribution in [3.8, 4) is 11.5 Å². The normalized spacial score (nSPS) is 8.10. The van der Waals surface area contributed by atoms with Gasteiger partial charge in [-0.1, -0.05) is 0 Å². The Bertz CT molecular complexity index is 183. The molecule has 1 aromatic carbocycles. The molecule has 0 atom stereocenters. The number of methoxy groups -OCH3 is 1. The average molecular weight is 161 g/mol. The summed E-state index contributed by atoms with van der Waals surface area (Å²) in [6, 6.07) is 6.57. The Kier molecular flexibility index (Phi) is 3.65. The zero-order valence-corrected chi connectivity index (χ0v) is 6.39. The van der Waals surface area contributed by atoms with E-state index in [-0.39, 0.29) is 18.2 Å². The molecular formula is C7H9ClO2. The van der Waals surface area contributed by atoms with Crippen LogP contribution < -0.4 is 4.74 Å². The lowest BCUT2D eigenvalue weighted by Crippen LogP contribution is -1.79. The van der Waals surface area contributed by atoms with Gasteiger partial charge in [0.2, 0.25) is 0 Å². The minimum atomic E-state index is 0. The first-order chi connectivity index (χ1) is 4.33. The van der Waals surface area contributed by atoms with Crippen LogP contribution >= 0.6 is 12.4 Å². The molecule has 0 radical (unpaired) electrons. The smallest absolute Gasteiger partial charge is 0.119 e. The Balaban J connectivity index is 0.000000810. The minimum absolute atomic E-state index is 0. The van der Waals surface area contributed by atoms with E-state index in [2.05, 4.69) is 0 Å². The van der Waals surface area contributed by atoms with Crippen LogP contribution in [0, 0.1) is 0 Å². The summed E-state index contributed by atoms with van der Waals surface area (Å²) in [5, 5.41) is 8.80. The maximum atomic E-state index is 8.80. The molecule has 0 aliphatic carbocycles. The summed E-state index contributed by atoms with van der Waals surface area (Å²) in [5.41, 5.74) is 0. The standard InChI is InChI=1S/C7H8O2.ClH/c1-9-7-4-2-6(8)3-5-7;/h2-5,8H,1H3;1H. The Morgan fingerprint density at radius 3 is 2.10 bits per heavy atom. The van der Waals surface area contributed by atoms with E-state index in [4.69, 9.17) is 9.84 Å². The highest BCUT2D eigenvalue weighted by atomic mass is 35.5. The number of ether oxygens (including phenoxy) is 1. The first-order valence-electron chi connectivity index (χ1n) is 2.66. The lowest BCUT2D eigenvalue weighted by atomic mass is 10.3. The molecule has 0 bridgehead atoms. The number of hydrogen-bond donors (Lipinski definition) is 1. The van der Waals surface area contributed by atoms with Crippen molar-refractivity contribution in [2.75, 3.05) is 7.11 Å². The summed E-state index contributed by atoms with van der Waals surface area (Å²) in [7, 11) is 1.59. The van der Waals surface area contributed by atoms with Gasteiger partial charge in [0, 0.05) is 0 Å². The molecule has 0 aliphatic rings. The van der Waals surface area contributed by atoms with Gasteiger partial charge in [-0.05, 0) is 24.3 Å². The summed E-state index contributed by atoms with van der Waals surface area (Å²) < 4.78 is 4.86. The second-order valence-corrected chi connectivity index (χ2v) is 1.70. The highest BCUT2D eigenvalue weighted by Crippen LogP contribution is 2.14. The Labute approximate surface area is 65.9 Å². The third kappa shape index (κ3) is 2.15. The number of aromatic hydroxyl groups is 1. The number of rotatable bonds is 1. The molecule has 1 aromatic rings. The van der Waals surface area contributed by atoms with Gasteiger partial charge in [-0.15, -0.1) is 12.4 Å². The maximum Gasteiger partial charge on any atom is 0.119 e. The molecule has 0 spiro atoms. The third-order valence-corrected chi connectivity index (χ3v) is 1.07. The second kappa shape index (κ2) is 4.01. The van der Waals surface area contributed by atoms with E-state index in [1.54, 1.807) is 31.4 Å². The van der Waals surface area contributed by atoms with E-state index in [0.29, 0.717) is 0 Å². The van der Waals surface area contributed by atoms with E-state index in [1.807, 2.05) is 0 Å². The van der Waals surface area contributed by atoms with Gasteiger partial charge in [0.25, 0.3) is 0 Å². The highest BCUT2D eigenvalue weighted by molar-refractivity contribution is 5.85. The lowest BCUT2D eigenvalue weighted by Gasteiger charge is -1.96. The molecule has 0 heterocycles. The highest BCUT2D eigenvalue weighted by Gasteiger charge is 1.87. The Hall–Kier alpha value is -0.890. The largest absolute Gasteiger partial charge is 0.508 e. The third-order valence-electron chi connectivity index (χ3n) is 1.07. The molecule has 2 nitrogen and oxygen atoms in total. The molecule has 0 aromatic heterocycles. The van der Waals surface area contributed by atoms with Crippen molar-refractivity contribution >= 4 is 12.4 Å². The van der Waals surface area contributed by atoms with Crippen molar-refractivity contribution < 1.29 is 9.84 Å². The van der Waals surface area contributed by atoms with Crippen LogP contribution in [-0.2, 0) is 0 Å². The molecular weight excluding hydrogens is 152 g/mol. The number of phenols is 1. The van der Waals surface area contributed by atoms with Crippen molar-refractivity contribution in [1.82, 2.24) is 0 Å². The first kappa shape index (κ1) is 9.11. The van der Waals surface area contributed by atoms with Gasteiger partial charge in [0.15, 0.2) is 0 Å². The van der Waals surface area contributed by atoms with Crippen LogP contribution in [0.5, 0.6) is 11.5 Å². The quantitative estimate of drug-likeness (QED) is 0.679. The summed E-state index contributed by atoms with van der Waals surface area (Å²) in [5.74, 6) is 1.02. The van der Waals surface area contributed by atoms with Crippen molar-refractivity contribution in [3.05, 3.63) is 24.3 Å². The summed E-state index contributed by atoms with van der Waals surface area (Å²) >= 11 is 0. The average Bonchev–Trinajstić information content (AvgIpc) is 1.90. The van der Waals surface area contributed by atoms with Gasteiger partial charge in [0.05, 0.1) is 7.11 Å². The fourth-order valence-corrected chi connectivity index (χ4v) is 0.582. The van der Waals surface area contributed by atoms with Gasteiger partial charge in [-0.25, -0.2) is 0 Å². The van der Waals surface area contributed by atoms with Gasteiger partial charge in [0.1, 0.15) is 11.5 Å². The number of benzene rings is 1. The zero-order valence-electron chi connectivity index (χ0n) is 5.57. The van der Waals surface area contributed by atoms with Gasteiger partial charge < -0.3 is 9.84 Å². The maximum absolute atomic E-state index is 8.80. The van der Waals surface area contributed by atoms with Gasteiger partial charge in [-0.3, -0.25) is 0 Å². The molecule has 0 saturated heterocycles. The van der Waals surface area contributed by atoms with Crippen molar-refractivity contribution in [2.45, 2.75) is 0 Å². The topological polar surface area (TPSA) is 29.5 Å². The fourth-order valence-electron chi connectivity index (χ4n) is 0.582. The lowest BCUT2D eigenvalue weighted by molar-refractivity contribution is 0.412. The van der Waals surface area contributed by atoms with E-state index in [1.165, 1.54) is 0 Å². The molecule has 10 heavy (non-hydrogen) atoms. The van der Waals surface area contributed by atoms with E-state index >= 15 is 0 Å². The van der Waals surface area contributed by atoms with Gasteiger partial charge >= 0.3 is 0 Å². The summed E-state index contributed by atoms with van der Waals surface area (Å²) in [6.45, 7) is 0. The second-order valence-electron chi connectivity index (χ2n) is 1.70. The van der Waals surface area contributed by atoms with Crippen LogP contribution in [0.4, 0.5) is 0 Å². The zero-order chi connectivity index (χ0) is 6.69. The van der Waals surface area contributed by atoms with Crippen LogP contribution in [0.15, 0.2) is 24.3 Å². The van der Waals surface area contributed by atoms with Crippen LogP contribution in [0.25, 0.3) is 0 Å². The molecule has 0 saturated carbocycles. The van der Waals surface area contributed by atoms with E-state index in [9.17, 15) is 0 Å². The first-order valence-corrected chi connectivity index (χ1v) is 2.66. The van der Waals surface area contributed by atoms with Crippen molar-refractivity contribution in [1.29, 1.82) is 0 Å². The summed E-state index contributed by atoms with van der Waals surface area (Å²) in [4.78, 5) is 0. The van der Waals surface area contributed by atoms with Crippen molar-refractivity contribution in [2.24, 2.45) is 0 Å². The van der Waals surface area contributed by atoms with Crippen molar-refractivity contribution in [3.63, 3.8) is 0 Å². The fraction of sp³-hybridized carbons (Fsp3) is 0.143. The molecule has 1 N–H and O–H groups in total. The minimum Gasteiger partial charge on any atom is -0.508 e. The molecule has 0 unspecified atom stereocenters. The van der Waals surface area contributed by atoms with Crippen LogP contribution in [-0.4, -0.2) is 12.2 Å². The predicted octanol–water partition coefficient (Wildman–Crippen LogP) is 1.82. The summed E-state index contributed by atoms with van der Waals surface area (Å²) in [6.07, 6.45) is 0. The molecule has 3 heteroatoms. The molecule has 0 fully saturated rings. The molecule has 0 aliphatic heterocycles. The molecule has 1 rings (SSSR count). The molecule has 56 valence electrons. The number of halogens is 1. The van der Waals surface area contributed by atoms with E-state index in [0.717, 1.165) is 5.75 Å². The van der Waals surface area contributed by atoms with E-state index < -0.39 is 0 Å². The SMILES string of the molecule is COc1ccc(O)cc1.Cl. The van der Waals surface area contributed by atoms with Crippen LogP contribution in [0.2, 0.25) is 0 Å². The number of hydrogen-bond acceptors (Lipinski definition) is 2. The predicted molar refractivity (Wildman–Crippen MR) is 41.9 cm³/mol.